The van der Waals surface area contributed by atoms with Crippen LogP contribution in [0.5, 0.6) is 0 Å². The summed E-state index contributed by atoms with van der Waals surface area (Å²) >= 11 is 6.78. The van der Waals surface area contributed by atoms with Crippen molar-refractivity contribution in [1.29, 1.82) is 5.26 Å². The Morgan fingerprint density at radius 1 is 0.968 bits per heavy atom. The molecule has 5 rings (SSSR count). The van der Waals surface area contributed by atoms with E-state index < -0.39 is 0 Å². The second-order valence-corrected chi connectivity index (χ2v) is 8.55. The number of nitrogens with zero attached hydrogens (tertiary/aromatic N) is 2. The number of carbonyl (C=O) groups excluding carboxylic acids is 1. The van der Waals surface area contributed by atoms with E-state index in [0.717, 1.165) is 16.5 Å². The molecule has 2 heterocycles. The average Bonchev–Trinajstić information content (AvgIpc) is 3.37. The molecule has 1 fully saturated rings. The van der Waals surface area contributed by atoms with E-state index in [2.05, 4.69) is 6.07 Å². The zero-order valence-corrected chi connectivity index (χ0v) is 17.7. The van der Waals surface area contributed by atoms with Gasteiger partial charge in [-0.15, -0.1) is 0 Å². The van der Waals surface area contributed by atoms with Gasteiger partial charge in [-0.1, -0.05) is 72.5 Å². The number of thioether (sulfide) groups is 1. The first-order chi connectivity index (χ1) is 15.2. The number of anilines is 1. The molecule has 0 atom stereocenters. The highest BCUT2D eigenvalue weighted by molar-refractivity contribution is 8.27. The first-order valence-corrected chi connectivity index (χ1v) is 10.7. The Labute approximate surface area is 188 Å². The van der Waals surface area contributed by atoms with Gasteiger partial charge in [0.25, 0.3) is 5.91 Å². The molecule has 0 radical (unpaired) electrons. The van der Waals surface area contributed by atoms with Crippen molar-refractivity contribution in [3.63, 3.8) is 0 Å². The number of furan rings is 1. The summed E-state index contributed by atoms with van der Waals surface area (Å²) in [6.07, 6.45) is 1.70. The third kappa shape index (κ3) is 3.44. The molecule has 1 aromatic heterocycles. The van der Waals surface area contributed by atoms with Crippen LogP contribution in [0.25, 0.3) is 28.2 Å². The lowest BCUT2D eigenvalue weighted by Gasteiger charge is -2.17. The minimum Gasteiger partial charge on any atom is -0.457 e. The van der Waals surface area contributed by atoms with E-state index in [1.165, 1.54) is 11.8 Å². The minimum absolute atomic E-state index is 0.179. The molecule has 31 heavy (non-hydrogen) atoms. The average molecular weight is 439 g/mol. The van der Waals surface area contributed by atoms with Gasteiger partial charge < -0.3 is 4.42 Å². The number of hydrogen-bond donors (Lipinski definition) is 0. The SMILES string of the molecule is N#Cc1ccccc1-c1ccc(/C=C2\SC(=S)N(c3cccc4ccccc34)C2=O)o1. The second-order valence-electron chi connectivity index (χ2n) is 6.87. The van der Waals surface area contributed by atoms with Gasteiger partial charge in [-0.3, -0.25) is 9.69 Å². The molecule has 1 saturated heterocycles. The van der Waals surface area contributed by atoms with Crippen molar-refractivity contribution in [2.24, 2.45) is 0 Å². The number of amides is 1. The smallest absolute Gasteiger partial charge is 0.270 e. The number of rotatable bonds is 3. The van der Waals surface area contributed by atoms with Crippen LogP contribution in [0.3, 0.4) is 0 Å². The van der Waals surface area contributed by atoms with Crippen molar-refractivity contribution in [3.05, 3.63) is 95.1 Å². The van der Waals surface area contributed by atoms with E-state index in [4.69, 9.17) is 16.6 Å². The van der Waals surface area contributed by atoms with Crippen molar-refractivity contribution in [1.82, 2.24) is 0 Å². The minimum atomic E-state index is -0.179. The molecule has 0 unspecified atom stereocenters. The number of thiocarbonyl (C=S) groups is 1. The Morgan fingerprint density at radius 2 is 1.74 bits per heavy atom. The molecular formula is C25H14N2O2S2. The van der Waals surface area contributed by atoms with Gasteiger partial charge in [0.15, 0.2) is 4.32 Å². The Balaban J connectivity index is 1.49. The summed E-state index contributed by atoms with van der Waals surface area (Å²) in [5, 5.41) is 11.3. The predicted octanol–water partition coefficient (Wildman–Crippen LogP) is 6.38. The molecule has 1 aliphatic heterocycles. The molecule has 4 aromatic rings. The van der Waals surface area contributed by atoms with Gasteiger partial charge in [0.05, 0.1) is 22.2 Å². The molecule has 0 saturated carbocycles. The van der Waals surface area contributed by atoms with Crippen LogP contribution in [0.4, 0.5) is 5.69 Å². The largest absolute Gasteiger partial charge is 0.457 e. The number of carbonyl (C=O) groups is 1. The number of nitriles is 1. The van der Waals surface area contributed by atoms with Crippen molar-refractivity contribution in [2.45, 2.75) is 0 Å². The van der Waals surface area contributed by atoms with E-state index in [9.17, 15) is 10.1 Å². The molecule has 0 bridgehead atoms. The van der Waals surface area contributed by atoms with Gasteiger partial charge in [-0.25, -0.2) is 0 Å². The fourth-order valence-electron chi connectivity index (χ4n) is 3.58. The predicted molar refractivity (Wildman–Crippen MR) is 128 cm³/mol. The van der Waals surface area contributed by atoms with Crippen LogP contribution in [0.1, 0.15) is 11.3 Å². The Kier molecular flexibility index (Phi) is 4.91. The van der Waals surface area contributed by atoms with E-state index in [-0.39, 0.29) is 5.91 Å². The van der Waals surface area contributed by atoms with Crippen LogP contribution in [0.15, 0.2) is 88.2 Å². The molecular weight excluding hydrogens is 424 g/mol. The second kappa shape index (κ2) is 7.88. The molecule has 3 aromatic carbocycles. The molecule has 1 amide bonds. The molecule has 0 N–H and O–H groups in total. The lowest BCUT2D eigenvalue weighted by molar-refractivity contribution is -0.113. The number of benzene rings is 3. The molecule has 6 heteroatoms. The molecule has 4 nitrogen and oxygen atoms in total. The van der Waals surface area contributed by atoms with Crippen LogP contribution in [0.2, 0.25) is 0 Å². The normalized spacial score (nSPS) is 15.1. The lowest BCUT2D eigenvalue weighted by Crippen LogP contribution is -2.27. The third-order valence-electron chi connectivity index (χ3n) is 5.01. The Bertz CT molecular complexity index is 1420. The zero-order valence-electron chi connectivity index (χ0n) is 16.1. The van der Waals surface area contributed by atoms with Crippen molar-refractivity contribution in [3.8, 4) is 17.4 Å². The summed E-state index contributed by atoms with van der Waals surface area (Å²) in [5.41, 5.74) is 2.02. The molecule has 0 spiro atoms. The molecule has 148 valence electrons. The van der Waals surface area contributed by atoms with Crippen LogP contribution in [0, 0.1) is 11.3 Å². The number of hydrogen-bond acceptors (Lipinski definition) is 5. The van der Waals surface area contributed by atoms with Crippen molar-refractivity contribution < 1.29 is 9.21 Å². The standard InChI is InChI=1S/C25H14N2O2S2/c26-15-17-7-2-4-10-20(17)22-13-12-18(29-22)14-23-24(28)27(25(30)31-23)21-11-5-8-16-6-1-3-9-19(16)21/h1-14H/b23-14-. The van der Waals surface area contributed by atoms with E-state index in [0.29, 0.717) is 31.9 Å². The van der Waals surface area contributed by atoms with E-state index >= 15 is 0 Å². The maximum absolute atomic E-state index is 13.2. The highest BCUT2D eigenvalue weighted by Crippen LogP contribution is 2.39. The fraction of sp³-hybridized carbons (Fsp3) is 0. The summed E-state index contributed by atoms with van der Waals surface area (Å²) in [5.74, 6) is 0.927. The maximum atomic E-state index is 13.2. The number of fused-ring (bicyclic) bond motifs is 1. The van der Waals surface area contributed by atoms with Crippen LogP contribution in [-0.2, 0) is 4.79 Å². The van der Waals surface area contributed by atoms with Gasteiger partial charge in [-0.05, 0) is 35.7 Å². The monoisotopic (exact) mass is 438 g/mol. The lowest BCUT2D eigenvalue weighted by atomic mass is 10.1. The van der Waals surface area contributed by atoms with Crippen LogP contribution < -0.4 is 4.90 Å². The highest BCUT2D eigenvalue weighted by atomic mass is 32.2. The summed E-state index contributed by atoms with van der Waals surface area (Å²) in [6.45, 7) is 0. The van der Waals surface area contributed by atoms with Crippen molar-refractivity contribution in [2.75, 3.05) is 4.90 Å². The summed E-state index contributed by atoms with van der Waals surface area (Å²) in [6, 6.07) is 26.7. The molecule has 1 aliphatic rings. The Hall–Kier alpha value is -3.66. The van der Waals surface area contributed by atoms with Crippen LogP contribution >= 0.6 is 24.0 Å². The van der Waals surface area contributed by atoms with Gasteiger partial charge in [0.2, 0.25) is 0 Å². The first-order valence-electron chi connectivity index (χ1n) is 9.51. The van der Waals surface area contributed by atoms with Crippen LogP contribution in [-0.4, -0.2) is 10.2 Å². The van der Waals surface area contributed by atoms with Gasteiger partial charge in [-0.2, -0.15) is 5.26 Å². The van der Waals surface area contributed by atoms with Gasteiger partial charge >= 0.3 is 0 Å². The quantitative estimate of drug-likeness (QED) is 0.274. The fourth-order valence-corrected chi connectivity index (χ4v) is 4.84. The third-order valence-corrected chi connectivity index (χ3v) is 6.32. The molecule has 0 aliphatic carbocycles. The van der Waals surface area contributed by atoms with Gasteiger partial charge in [0.1, 0.15) is 11.5 Å². The first kappa shape index (κ1) is 19.3. The summed E-state index contributed by atoms with van der Waals surface area (Å²) in [4.78, 5) is 15.3. The Morgan fingerprint density at radius 3 is 2.61 bits per heavy atom. The maximum Gasteiger partial charge on any atom is 0.270 e. The highest BCUT2D eigenvalue weighted by Gasteiger charge is 2.34. The van der Waals surface area contributed by atoms with Crippen molar-refractivity contribution >= 4 is 56.7 Å². The van der Waals surface area contributed by atoms with Gasteiger partial charge in [0, 0.05) is 17.0 Å². The summed E-state index contributed by atoms with van der Waals surface area (Å²) in [7, 11) is 0. The topological polar surface area (TPSA) is 57.2 Å². The summed E-state index contributed by atoms with van der Waals surface area (Å²) < 4.78 is 6.39. The van der Waals surface area contributed by atoms with E-state index in [1.54, 1.807) is 29.2 Å². The zero-order chi connectivity index (χ0) is 21.4. The van der Waals surface area contributed by atoms with E-state index in [1.807, 2.05) is 60.7 Å².